The van der Waals surface area contributed by atoms with E-state index in [-0.39, 0.29) is 18.8 Å². The fraction of sp³-hybridized carbons (Fsp3) is 0.222. The Morgan fingerprint density at radius 2 is 2.00 bits per heavy atom. The van der Waals surface area contributed by atoms with E-state index in [4.69, 9.17) is 11.6 Å². The van der Waals surface area contributed by atoms with Crippen molar-refractivity contribution < 1.29 is 13.2 Å². The summed E-state index contributed by atoms with van der Waals surface area (Å²) in [6.45, 7) is 1.52. The Labute approximate surface area is 177 Å². The number of hydrogen-bond acceptors (Lipinski definition) is 6. The number of pyridine rings is 1. The number of amides is 1. The zero-order chi connectivity index (χ0) is 21.9. The summed E-state index contributed by atoms with van der Waals surface area (Å²) in [5, 5.41) is 7.32. The van der Waals surface area contributed by atoms with Crippen molar-refractivity contribution in [3.8, 4) is 5.69 Å². The summed E-state index contributed by atoms with van der Waals surface area (Å²) >= 11 is 6.08. The Kier molecular flexibility index (Phi) is 6.22. The van der Waals surface area contributed by atoms with Crippen LogP contribution in [0.2, 0.25) is 5.02 Å². The van der Waals surface area contributed by atoms with Crippen LogP contribution in [0.1, 0.15) is 11.3 Å². The van der Waals surface area contributed by atoms with E-state index in [1.54, 1.807) is 35.9 Å². The molecule has 1 aromatic carbocycles. The van der Waals surface area contributed by atoms with E-state index < -0.39 is 21.5 Å². The van der Waals surface area contributed by atoms with Gasteiger partial charge in [-0.1, -0.05) is 11.6 Å². The summed E-state index contributed by atoms with van der Waals surface area (Å²) in [4.78, 5) is 29.0. The van der Waals surface area contributed by atoms with Gasteiger partial charge in [0.1, 0.15) is 24.9 Å². The molecule has 30 heavy (non-hydrogen) atoms. The molecule has 0 radical (unpaired) electrons. The van der Waals surface area contributed by atoms with E-state index in [0.29, 0.717) is 22.0 Å². The van der Waals surface area contributed by atoms with Crippen LogP contribution in [0.15, 0.2) is 47.8 Å². The highest BCUT2D eigenvalue weighted by Crippen LogP contribution is 2.19. The second-order valence-electron chi connectivity index (χ2n) is 6.54. The average Bonchev–Trinajstić information content (AvgIpc) is 3.19. The smallest absolute Gasteiger partial charge is 0.275 e. The number of aryl methyl sites for hydroxylation is 1. The number of halogens is 1. The fourth-order valence-corrected chi connectivity index (χ4v) is 3.54. The van der Waals surface area contributed by atoms with Gasteiger partial charge in [0, 0.05) is 17.3 Å². The molecule has 2 heterocycles. The van der Waals surface area contributed by atoms with Crippen molar-refractivity contribution in [3.05, 3.63) is 69.6 Å². The van der Waals surface area contributed by atoms with Crippen LogP contribution in [-0.4, -0.2) is 39.9 Å². The molecule has 0 aliphatic heterocycles. The number of benzene rings is 1. The molecule has 3 rings (SSSR count). The molecule has 2 aromatic heterocycles. The molecule has 3 aromatic rings. The lowest BCUT2D eigenvalue weighted by Crippen LogP contribution is -2.34. The second-order valence-corrected chi connectivity index (χ2v) is 8.73. The molecule has 0 bridgehead atoms. The van der Waals surface area contributed by atoms with Crippen molar-refractivity contribution >= 4 is 33.2 Å². The van der Waals surface area contributed by atoms with Gasteiger partial charge in [-0.3, -0.25) is 14.3 Å². The quantitative estimate of drug-likeness (QED) is 0.554. The van der Waals surface area contributed by atoms with E-state index in [1.807, 2.05) is 0 Å². The first-order valence-electron chi connectivity index (χ1n) is 8.72. The van der Waals surface area contributed by atoms with Crippen LogP contribution in [-0.2, 0) is 27.9 Å². The zero-order valence-electron chi connectivity index (χ0n) is 16.2. The maximum absolute atomic E-state index is 12.6. The molecular formula is C18H19ClN6O4S. The Bertz CT molecular complexity index is 1240. The number of aromatic nitrogens is 4. The molecule has 0 unspecified atom stereocenters. The number of hydrogen-bond donors (Lipinski definition) is 2. The predicted octanol–water partition coefficient (Wildman–Crippen LogP) is 1.08. The maximum Gasteiger partial charge on any atom is 0.275 e. The van der Waals surface area contributed by atoms with Gasteiger partial charge < -0.3 is 9.88 Å². The average molecular weight is 451 g/mol. The molecule has 0 aliphatic carbocycles. The number of nitrogens with one attached hydrogen (secondary N) is 2. The van der Waals surface area contributed by atoms with Crippen molar-refractivity contribution in [1.82, 2.24) is 24.6 Å². The molecule has 12 heteroatoms. The van der Waals surface area contributed by atoms with Gasteiger partial charge >= 0.3 is 0 Å². The molecule has 10 nitrogen and oxygen atoms in total. The van der Waals surface area contributed by atoms with Gasteiger partial charge in [-0.15, -0.1) is 0 Å². The van der Waals surface area contributed by atoms with E-state index in [2.05, 4.69) is 20.1 Å². The zero-order valence-corrected chi connectivity index (χ0v) is 17.7. The highest BCUT2D eigenvalue weighted by atomic mass is 35.5. The minimum atomic E-state index is -3.62. The van der Waals surface area contributed by atoms with Gasteiger partial charge in [0.25, 0.3) is 5.56 Å². The Balaban J connectivity index is 1.77. The molecule has 0 saturated heterocycles. The third-order valence-electron chi connectivity index (χ3n) is 4.17. The number of anilines is 1. The summed E-state index contributed by atoms with van der Waals surface area (Å²) in [5.41, 5.74) is 1.18. The lowest BCUT2D eigenvalue weighted by atomic mass is 10.1. The summed E-state index contributed by atoms with van der Waals surface area (Å²) in [6, 6.07) is 8.08. The van der Waals surface area contributed by atoms with E-state index in [1.165, 1.54) is 23.3 Å². The van der Waals surface area contributed by atoms with Gasteiger partial charge in [0.2, 0.25) is 15.9 Å². The maximum atomic E-state index is 12.6. The summed E-state index contributed by atoms with van der Waals surface area (Å²) in [5.74, 6) is -0.429. The monoisotopic (exact) mass is 450 g/mol. The number of carbonyl (C=O) groups is 1. The minimum Gasteiger partial charge on any atom is -0.350 e. The number of nitrogens with zero attached hydrogens (tertiary/aromatic N) is 4. The van der Waals surface area contributed by atoms with Crippen LogP contribution in [0, 0.1) is 6.92 Å². The number of carbonyl (C=O) groups excluding carboxylic acids is 1. The largest absolute Gasteiger partial charge is 0.350 e. The third-order valence-corrected chi connectivity index (χ3v) is 5.00. The Morgan fingerprint density at radius 1 is 1.23 bits per heavy atom. The summed E-state index contributed by atoms with van der Waals surface area (Å²) < 4.78 is 27.7. The Hall–Kier alpha value is -3.18. The first-order valence-corrected chi connectivity index (χ1v) is 11.0. The van der Waals surface area contributed by atoms with Crippen LogP contribution in [0.5, 0.6) is 0 Å². The van der Waals surface area contributed by atoms with Gasteiger partial charge in [-0.25, -0.2) is 18.1 Å². The van der Waals surface area contributed by atoms with Gasteiger partial charge in [-0.2, -0.15) is 5.10 Å². The SMILES string of the molecule is Cc1ccc(NS(C)(=O)=O)c(=O)n1CC(=O)NCc1cc(Cl)ccc1-n1cncn1. The van der Waals surface area contributed by atoms with Crippen LogP contribution in [0.3, 0.4) is 0 Å². The second kappa shape index (κ2) is 8.67. The number of sulfonamides is 1. The molecule has 0 saturated carbocycles. The van der Waals surface area contributed by atoms with Crippen molar-refractivity contribution in [1.29, 1.82) is 0 Å². The van der Waals surface area contributed by atoms with Crippen LogP contribution >= 0.6 is 11.6 Å². The van der Waals surface area contributed by atoms with Crippen molar-refractivity contribution in [2.45, 2.75) is 20.0 Å². The Morgan fingerprint density at radius 3 is 2.67 bits per heavy atom. The highest BCUT2D eigenvalue weighted by molar-refractivity contribution is 7.92. The van der Waals surface area contributed by atoms with Crippen LogP contribution < -0.4 is 15.6 Å². The molecular weight excluding hydrogens is 432 g/mol. The van der Waals surface area contributed by atoms with Gasteiger partial charge in [-0.05, 0) is 42.8 Å². The first-order chi connectivity index (χ1) is 14.1. The normalized spacial score (nSPS) is 11.3. The van der Waals surface area contributed by atoms with Crippen molar-refractivity contribution in [2.75, 3.05) is 11.0 Å². The van der Waals surface area contributed by atoms with E-state index in [9.17, 15) is 18.0 Å². The fourth-order valence-electron chi connectivity index (χ4n) is 2.79. The van der Waals surface area contributed by atoms with Gasteiger partial charge in [0.05, 0.1) is 11.9 Å². The molecule has 0 spiro atoms. The topological polar surface area (TPSA) is 128 Å². The van der Waals surface area contributed by atoms with Crippen LogP contribution in [0.4, 0.5) is 5.69 Å². The number of rotatable bonds is 7. The highest BCUT2D eigenvalue weighted by Gasteiger charge is 2.14. The third kappa shape index (κ3) is 5.24. The molecule has 2 N–H and O–H groups in total. The molecule has 1 amide bonds. The molecule has 0 atom stereocenters. The minimum absolute atomic E-state index is 0.126. The summed E-state index contributed by atoms with van der Waals surface area (Å²) in [7, 11) is -3.62. The van der Waals surface area contributed by atoms with E-state index >= 15 is 0 Å². The molecule has 0 aliphatic rings. The van der Waals surface area contributed by atoms with Crippen LogP contribution in [0.25, 0.3) is 5.69 Å². The standard InChI is InChI=1S/C18H19ClN6O4S/c1-12-3-5-15(23-30(2,28)29)18(27)24(12)9-17(26)21-8-13-7-14(19)4-6-16(13)25-11-20-10-22-25/h3-7,10-11,23H,8-9H2,1-2H3,(H,21,26). The molecule has 0 fully saturated rings. The predicted molar refractivity (Wildman–Crippen MR) is 112 cm³/mol. The van der Waals surface area contributed by atoms with Crippen molar-refractivity contribution in [2.24, 2.45) is 0 Å². The van der Waals surface area contributed by atoms with Crippen molar-refractivity contribution in [3.63, 3.8) is 0 Å². The summed E-state index contributed by atoms with van der Waals surface area (Å²) in [6.07, 6.45) is 3.86. The lowest BCUT2D eigenvalue weighted by molar-refractivity contribution is -0.121. The van der Waals surface area contributed by atoms with E-state index in [0.717, 1.165) is 6.26 Å². The molecule has 158 valence electrons. The lowest BCUT2D eigenvalue weighted by Gasteiger charge is -2.14. The first kappa shape index (κ1) is 21.5. The van der Waals surface area contributed by atoms with Gasteiger partial charge in [0.15, 0.2) is 0 Å².